The number of nitrogens with zero attached hydrogens (tertiary/aromatic N) is 1. The number of amides is 2. The minimum absolute atomic E-state index is 0.0377. The molecule has 0 saturated carbocycles. The van der Waals surface area contributed by atoms with E-state index in [2.05, 4.69) is 5.32 Å². The summed E-state index contributed by atoms with van der Waals surface area (Å²) in [5.74, 6) is 0.0835. The van der Waals surface area contributed by atoms with E-state index in [0.717, 1.165) is 16.8 Å². The summed E-state index contributed by atoms with van der Waals surface area (Å²) in [5.41, 5.74) is 3.79. The Morgan fingerprint density at radius 3 is 2.53 bits per heavy atom. The molecule has 1 atom stereocenters. The first-order valence-corrected chi connectivity index (χ1v) is 11.1. The number of halogens is 2. The zero-order chi connectivity index (χ0) is 21.3. The fourth-order valence-corrected chi connectivity index (χ4v) is 5.04. The summed E-state index contributed by atoms with van der Waals surface area (Å²) in [7, 11) is 0. The Hall–Kier alpha value is -2.47. The van der Waals surface area contributed by atoms with Crippen LogP contribution in [0.4, 0.5) is 11.4 Å². The van der Waals surface area contributed by atoms with E-state index in [0.29, 0.717) is 22.0 Å². The number of nitrogens with one attached hydrogen (secondary N) is 1. The molecule has 0 aliphatic carbocycles. The molecule has 0 unspecified atom stereocenters. The van der Waals surface area contributed by atoms with Crippen molar-refractivity contribution in [1.29, 1.82) is 0 Å². The summed E-state index contributed by atoms with van der Waals surface area (Å²) in [6.45, 7) is 2.01. The summed E-state index contributed by atoms with van der Waals surface area (Å²) in [6.07, 6.45) is 0. The predicted molar refractivity (Wildman–Crippen MR) is 125 cm³/mol. The van der Waals surface area contributed by atoms with Gasteiger partial charge in [-0.1, -0.05) is 59.1 Å². The molecule has 2 amide bonds. The van der Waals surface area contributed by atoms with E-state index in [-0.39, 0.29) is 22.2 Å². The Balaban J connectivity index is 1.66. The first kappa shape index (κ1) is 20.8. The van der Waals surface area contributed by atoms with E-state index in [1.807, 2.05) is 55.5 Å². The number of hydrogen-bond acceptors (Lipinski definition) is 3. The molecule has 3 aromatic carbocycles. The molecule has 3 aromatic rings. The Kier molecular flexibility index (Phi) is 6.04. The number of anilines is 2. The van der Waals surface area contributed by atoms with E-state index in [4.69, 9.17) is 23.2 Å². The van der Waals surface area contributed by atoms with Crippen LogP contribution in [0.3, 0.4) is 0 Å². The zero-order valence-electron chi connectivity index (χ0n) is 16.1. The molecule has 1 heterocycles. The number of benzene rings is 3. The smallest absolute Gasteiger partial charge is 0.257 e. The van der Waals surface area contributed by atoms with Crippen LogP contribution in [0.5, 0.6) is 0 Å². The quantitative estimate of drug-likeness (QED) is 0.498. The molecule has 1 N–H and O–H groups in total. The molecule has 1 saturated heterocycles. The number of carbonyl (C=O) groups is 2. The average Bonchev–Trinajstić information content (AvgIpc) is 3.10. The third kappa shape index (κ3) is 4.19. The number of para-hydroxylation sites is 1. The first-order chi connectivity index (χ1) is 14.4. The molecule has 4 nitrogen and oxygen atoms in total. The second-order valence-electron chi connectivity index (χ2n) is 6.93. The SMILES string of the molecule is Cc1ccc(N2C(=O)CS[C@H]2c2ccccc2NC(=O)c2ccc(Cl)cc2Cl)cc1. The van der Waals surface area contributed by atoms with Crippen molar-refractivity contribution in [3.05, 3.63) is 93.5 Å². The van der Waals surface area contributed by atoms with Crippen LogP contribution in [0.25, 0.3) is 0 Å². The third-order valence-electron chi connectivity index (χ3n) is 4.83. The lowest BCUT2D eigenvalue weighted by Crippen LogP contribution is -2.28. The summed E-state index contributed by atoms with van der Waals surface area (Å²) in [4.78, 5) is 27.3. The van der Waals surface area contributed by atoms with Crippen molar-refractivity contribution in [2.45, 2.75) is 12.3 Å². The number of hydrogen-bond donors (Lipinski definition) is 1. The summed E-state index contributed by atoms with van der Waals surface area (Å²) in [5, 5.41) is 3.45. The van der Waals surface area contributed by atoms with E-state index in [9.17, 15) is 9.59 Å². The molecule has 4 rings (SSSR count). The van der Waals surface area contributed by atoms with Gasteiger partial charge in [-0.05, 0) is 43.3 Å². The van der Waals surface area contributed by atoms with Crippen molar-refractivity contribution in [1.82, 2.24) is 0 Å². The number of rotatable bonds is 4. The standard InChI is InChI=1S/C23H18Cl2N2O2S/c1-14-6-9-16(10-7-14)27-21(28)13-30-23(27)18-4-2-3-5-20(18)26-22(29)17-11-8-15(24)12-19(17)25/h2-12,23H,13H2,1H3,(H,26,29)/t23-/m0/s1. The van der Waals surface area contributed by atoms with Crippen molar-refractivity contribution in [3.8, 4) is 0 Å². The predicted octanol–water partition coefficient (Wildman–Crippen LogP) is 6.33. The Morgan fingerprint density at radius 1 is 1.07 bits per heavy atom. The number of aryl methyl sites for hydroxylation is 1. The van der Waals surface area contributed by atoms with Crippen LogP contribution < -0.4 is 10.2 Å². The zero-order valence-corrected chi connectivity index (χ0v) is 18.4. The molecule has 1 aliphatic heterocycles. The highest BCUT2D eigenvalue weighted by Crippen LogP contribution is 2.44. The van der Waals surface area contributed by atoms with Gasteiger partial charge in [0.15, 0.2) is 0 Å². The molecular weight excluding hydrogens is 439 g/mol. The van der Waals surface area contributed by atoms with Crippen molar-refractivity contribution < 1.29 is 9.59 Å². The molecule has 0 bridgehead atoms. The average molecular weight is 457 g/mol. The lowest BCUT2D eigenvalue weighted by atomic mass is 10.1. The highest BCUT2D eigenvalue weighted by atomic mass is 35.5. The van der Waals surface area contributed by atoms with Crippen LogP contribution in [-0.2, 0) is 4.79 Å². The van der Waals surface area contributed by atoms with E-state index in [1.54, 1.807) is 17.0 Å². The molecule has 1 fully saturated rings. The Morgan fingerprint density at radius 2 is 1.80 bits per heavy atom. The van der Waals surface area contributed by atoms with Gasteiger partial charge in [0.05, 0.1) is 16.3 Å². The number of carbonyl (C=O) groups excluding carboxylic acids is 2. The van der Waals surface area contributed by atoms with Gasteiger partial charge in [0, 0.05) is 22.0 Å². The van der Waals surface area contributed by atoms with Crippen LogP contribution in [-0.4, -0.2) is 17.6 Å². The van der Waals surface area contributed by atoms with Gasteiger partial charge in [-0.15, -0.1) is 11.8 Å². The molecule has 30 heavy (non-hydrogen) atoms. The summed E-state index contributed by atoms with van der Waals surface area (Å²) < 4.78 is 0. The second kappa shape index (κ2) is 8.72. The van der Waals surface area contributed by atoms with Crippen molar-refractivity contribution in [3.63, 3.8) is 0 Å². The van der Waals surface area contributed by atoms with Gasteiger partial charge in [-0.2, -0.15) is 0 Å². The molecule has 1 aliphatic rings. The van der Waals surface area contributed by atoms with Crippen LogP contribution >= 0.6 is 35.0 Å². The van der Waals surface area contributed by atoms with Crippen LogP contribution in [0.2, 0.25) is 10.0 Å². The Labute approximate surface area is 189 Å². The third-order valence-corrected chi connectivity index (χ3v) is 6.57. The number of thioether (sulfide) groups is 1. The maximum atomic E-state index is 12.8. The molecular formula is C23H18Cl2N2O2S. The lowest BCUT2D eigenvalue weighted by molar-refractivity contribution is -0.115. The summed E-state index contributed by atoms with van der Waals surface area (Å²) in [6, 6.07) is 20.1. The molecule has 0 aromatic heterocycles. The first-order valence-electron chi connectivity index (χ1n) is 9.29. The molecule has 152 valence electrons. The van der Waals surface area contributed by atoms with Gasteiger partial charge < -0.3 is 5.32 Å². The monoisotopic (exact) mass is 456 g/mol. The lowest BCUT2D eigenvalue weighted by Gasteiger charge is -2.26. The van der Waals surface area contributed by atoms with Gasteiger partial charge in [-0.3, -0.25) is 14.5 Å². The van der Waals surface area contributed by atoms with Crippen molar-refractivity contribution in [2.24, 2.45) is 0 Å². The largest absolute Gasteiger partial charge is 0.322 e. The topological polar surface area (TPSA) is 49.4 Å². The summed E-state index contributed by atoms with van der Waals surface area (Å²) >= 11 is 13.7. The van der Waals surface area contributed by atoms with Crippen LogP contribution in [0.15, 0.2) is 66.7 Å². The van der Waals surface area contributed by atoms with Gasteiger partial charge in [0.25, 0.3) is 5.91 Å². The fraction of sp³-hybridized carbons (Fsp3) is 0.130. The van der Waals surface area contributed by atoms with Gasteiger partial charge in [0.1, 0.15) is 5.37 Å². The van der Waals surface area contributed by atoms with Crippen molar-refractivity contribution >= 4 is 58.2 Å². The van der Waals surface area contributed by atoms with Gasteiger partial charge in [0.2, 0.25) is 5.91 Å². The van der Waals surface area contributed by atoms with Gasteiger partial charge in [-0.25, -0.2) is 0 Å². The highest BCUT2D eigenvalue weighted by molar-refractivity contribution is 8.00. The minimum atomic E-state index is -0.333. The minimum Gasteiger partial charge on any atom is -0.322 e. The van der Waals surface area contributed by atoms with E-state index < -0.39 is 0 Å². The van der Waals surface area contributed by atoms with Crippen LogP contribution in [0, 0.1) is 6.92 Å². The molecule has 0 spiro atoms. The molecule has 0 radical (unpaired) electrons. The van der Waals surface area contributed by atoms with Crippen molar-refractivity contribution in [2.75, 3.05) is 16.0 Å². The normalized spacial score (nSPS) is 16.0. The molecule has 7 heteroatoms. The van der Waals surface area contributed by atoms with E-state index >= 15 is 0 Å². The highest BCUT2D eigenvalue weighted by Gasteiger charge is 2.35. The fourth-order valence-electron chi connectivity index (χ4n) is 3.33. The van der Waals surface area contributed by atoms with Gasteiger partial charge >= 0.3 is 0 Å². The Bertz CT molecular complexity index is 1120. The van der Waals surface area contributed by atoms with Crippen LogP contribution in [0.1, 0.15) is 26.9 Å². The maximum Gasteiger partial charge on any atom is 0.257 e. The van der Waals surface area contributed by atoms with E-state index in [1.165, 1.54) is 17.8 Å². The maximum absolute atomic E-state index is 12.8. The second-order valence-corrected chi connectivity index (χ2v) is 8.84.